The summed E-state index contributed by atoms with van der Waals surface area (Å²) in [6.45, 7) is 0. The van der Waals surface area contributed by atoms with Crippen LogP contribution in [0.1, 0.15) is 10.6 Å². The Morgan fingerprint density at radius 1 is 1.41 bits per heavy atom. The number of thiophene rings is 1. The normalized spacial score (nSPS) is 11.7. The van der Waals surface area contributed by atoms with Crippen LogP contribution in [0.5, 0.6) is 0 Å². The van der Waals surface area contributed by atoms with E-state index in [-0.39, 0.29) is 28.2 Å². The largest absolute Gasteiger partial charge is 0.506 e. The number of fused-ring (bicyclic) bond motifs is 1. The summed E-state index contributed by atoms with van der Waals surface area (Å²) in [6, 6.07) is 7.25. The second-order valence-electron chi connectivity index (χ2n) is 4.30. The van der Waals surface area contributed by atoms with Crippen molar-refractivity contribution < 1.29 is 14.4 Å². The summed E-state index contributed by atoms with van der Waals surface area (Å²) < 4.78 is 5.03. The first kappa shape index (κ1) is 14.0. The average Bonchev–Trinajstić information content (AvgIpc) is 3.01. The van der Waals surface area contributed by atoms with Crippen molar-refractivity contribution in [2.24, 2.45) is 0 Å². The number of non-ortho nitro benzene ring substituents is 1. The molecular formula is C14H8N2O5S. The van der Waals surface area contributed by atoms with Gasteiger partial charge < -0.3 is 9.52 Å². The summed E-state index contributed by atoms with van der Waals surface area (Å²) in [5.41, 5.74) is -0.743. The molecule has 0 radical (unpaired) electrons. The van der Waals surface area contributed by atoms with E-state index in [1.54, 1.807) is 17.5 Å². The SMILES string of the molecule is O=c1oc2cc([N+](=O)[O-])ccc2nc1C=C(O)c1cccs1. The number of benzene rings is 1. The van der Waals surface area contributed by atoms with Crippen LogP contribution in [0.3, 0.4) is 0 Å². The summed E-state index contributed by atoms with van der Waals surface area (Å²) >= 11 is 1.31. The van der Waals surface area contributed by atoms with Crippen molar-refractivity contribution in [3.8, 4) is 0 Å². The van der Waals surface area contributed by atoms with Gasteiger partial charge in [-0.05, 0) is 17.5 Å². The van der Waals surface area contributed by atoms with Crippen LogP contribution in [-0.2, 0) is 0 Å². The van der Waals surface area contributed by atoms with Gasteiger partial charge in [0.1, 0.15) is 11.3 Å². The van der Waals surface area contributed by atoms with Crippen molar-refractivity contribution in [2.75, 3.05) is 0 Å². The molecular weight excluding hydrogens is 308 g/mol. The summed E-state index contributed by atoms with van der Waals surface area (Å²) in [5.74, 6) is -0.101. The molecule has 0 atom stereocenters. The number of aliphatic hydroxyl groups is 1. The fourth-order valence-electron chi connectivity index (χ4n) is 1.83. The fourth-order valence-corrected chi connectivity index (χ4v) is 2.47. The third-order valence-corrected chi connectivity index (χ3v) is 3.75. The van der Waals surface area contributed by atoms with Crippen molar-refractivity contribution in [3.63, 3.8) is 0 Å². The molecule has 0 amide bonds. The second-order valence-corrected chi connectivity index (χ2v) is 5.25. The van der Waals surface area contributed by atoms with Gasteiger partial charge in [0.25, 0.3) is 5.69 Å². The molecule has 22 heavy (non-hydrogen) atoms. The Bertz CT molecular complexity index is 944. The first-order valence-electron chi connectivity index (χ1n) is 6.08. The summed E-state index contributed by atoms with van der Waals surface area (Å²) in [5, 5.41) is 22.4. The molecule has 7 nitrogen and oxygen atoms in total. The first-order valence-corrected chi connectivity index (χ1v) is 6.96. The zero-order valence-electron chi connectivity index (χ0n) is 10.9. The Morgan fingerprint density at radius 2 is 2.23 bits per heavy atom. The monoisotopic (exact) mass is 316 g/mol. The van der Waals surface area contributed by atoms with E-state index >= 15 is 0 Å². The maximum Gasteiger partial charge on any atom is 0.362 e. The van der Waals surface area contributed by atoms with Crippen molar-refractivity contribution >= 4 is 40.0 Å². The van der Waals surface area contributed by atoms with E-state index in [0.717, 1.165) is 6.07 Å². The van der Waals surface area contributed by atoms with Gasteiger partial charge in [-0.25, -0.2) is 9.78 Å². The molecule has 1 aromatic carbocycles. The minimum atomic E-state index is -0.781. The lowest BCUT2D eigenvalue weighted by atomic mass is 10.2. The van der Waals surface area contributed by atoms with Gasteiger partial charge >= 0.3 is 5.63 Å². The molecule has 3 rings (SSSR count). The summed E-state index contributed by atoms with van der Waals surface area (Å²) in [7, 11) is 0. The Kier molecular flexibility index (Phi) is 3.43. The van der Waals surface area contributed by atoms with Gasteiger partial charge in [0, 0.05) is 12.1 Å². The predicted molar refractivity (Wildman–Crippen MR) is 81.8 cm³/mol. The van der Waals surface area contributed by atoms with Gasteiger partial charge in [-0.1, -0.05) is 6.07 Å². The van der Waals surface area contributed by atoms with Crippen molar-refractivity contribution in [2.45, 2.75) is 0 Å². The van der Waals surface area contributed by atoms with E-state index in [9.17, 15) is 20.0 Å². The Balaban J connectivity index is 2.10. The number of aromatic nitrogens is 1. The smallest absolute Gasteiger partial charge is 0.362 e. The molecule has 0 fully saturated rings. The van der Waals surface area contributed by atoms with Crippen molar-refractivity contribution in [1.82, 2.24) is 4.98 Å². The number of hydrogen-bond acceptors (Lipinski definition) is 7. The van der Waals surface area contributed by atoms with Crippen LogP contribution < -0.4 is 5.63 Å². The zero-order valence-corrected chi connectivity index (χ0v) is 11.7. The number of aliphatic hydroxyl groups excluding tert-OH is 1. The molecule has 1 N–H and O–H groups in total. The maximum atomic E-state index is 11.9. The van der Waals surface area contributed by atoms with E-state index in [2.05, 4.69) is 4.98 Å². The molecule has 0 saturated heterocycles. The molecule has 0 spiro atoms. The van der Waals surface area contributed by atoms with Crippen LogP contribution in [-0.4, -0.2) is 15.0 Å². The van der Waals surface area contributed by atoms with Crippen molar-refractivity contribution in [1.29, 1.82) is 0 Å². The van der Waals surface area contributed by atoms with E-state index in [1.807, 2.05) is 0 Å². The summed E-state index contributed by atoms with van der Waals surface area (Å²) in [6.07, 6.45) is 1.21. The van der Waals surface area contributed by atoms with Crippen LogP contribution in [0.25, 0.3) is 22.9 Å². The highest BCUT2D eigenvalue weighted by atomic mass is 32.1. The van der Waals surface area contributed by atoms with E-state index in [0.29, 0.717) is 4.88 Å². The number of nitrogens with zero attached hydrogens (tertiary/aromatic N) is 2. The molecule has 0 aliphatic carbocycles. The minimum absolute atomic E-state index is 0.0203. The molecule has 0 aliphatic rings. The van der Waals surface area contributed by atoms with Gasteiger partial charge in [0.15, 0.2) is 11.3 Å². The molecule has 2 heterocycles. The number of nitro benzene ring substituents is 1. The molecule has 0 unspecified atom stereocenters. The topological polar surface area (TPSA) is 106 Å². The third kappa shape index (κ3) is 2.59. The van der Waals surface area contributed by atoms with E-state index < -0.39 is 10.5 Å². The van der Waals surface area contributed by atoms with Crippen LogP contribution in [0.2, 0.25) is 0 Å². The minimum Gasteiger partial charge on any atom is -0.506 e. The van der Waals surface area contributed by atoms with Gasteiger partial charge in [-0.15, -0.1) is 11.3 Å². The van der Waals surface area contributed by atoms with E-state index in [4.69, 9.17) is 4.42 Å². The fraction of sp³-hybridized carbons (Fsp3) is 0. The molecule has 110 valence electrons. The highest BCUT2D eigenvalue weighted by molar-refractivity contribution is 7.11. The number of hydrogen-bond donors (Lipinski definition) is 1. The highest BCUT2D eigenvalue weighted by Gasteiger charge is 2.12. The van der Waals surface area contributed by atoms with Gasteiger partial charge in [-0.2, -0.15) is 0 Å². The third-order valence-electron chi connectivity index (χ3n) is 2.85. The van der Waals surface area contributed by atoms with Crippen molar-refractivity contribution in [3.05, 3.63) is 66.8 Å². The molecule has 2 aromatic heterocycles. The zero-order chi connectivity index (χ0) is 15.7. The lowest BCUT2D eigenvalue weighted by molar-refractivity contribution is -0.384. The predicted octanol–water partition coefficient (Wildman–Crippen LogP) is 3.21. The average molecular weight is 316 g/mol. The van der Waals surface area contributed by atoms with Gasteiger partial charge in [0.2, 0.25) is 0 Å². The van der Waals surface area contributed by atoms with Gasteiger partial charge in [0.05, 0.1) is 15.9 Å². The highest BCUT2D eigenvalue weighted by Crippen LogP contribution is 2.21. The molecule has 3 aromatic rings. The Hall–Kier alpha value is -3.00. The first-order chi connectivity index (χ1) is 10.5. The summed E-state index contributed by atoms with van der Waals surface area (Å²) in [4.78, 5) is 26.6. The molecule has 0 saturated carbocycles. The Labute approximate surface area is 126 Å². The lowest BCUT2D eigenvalue weighted by Gasteiger charge is -1.99. The van der Waals surface area contributed by atoms with Crippen LogP contribution >= 0.6 is 11.3 Å². The lowest BCUT2D eigenvalue weighted by Crippen LogP contribution is -2.06. The van der Waals surface area contributed by atoms with E-state index in [1.165, 1.54) is 29.5 Å². The maximum absolute atomic E-state index is 11.9. The van der Waals surface area contributed by atoms with Gasteiger partial charge in [-0.3, -0.25) is 10.1 Å². The molecule has 0 bridgehead atoms. The van der Waals surface area contributed by atoms with Crippen LogP contribution in [0.15, 0.2) is 44.9 Å². The molecule has 0 aliphatic heterocycles. The van der Waals surface area contributed by atoms with Crippen LogP contribution in [0, 0.1) is 10.1 Å². The number of nitro groups is 1. The Morgan fingerprint density at radius 3 is 2.91 bits per heavy atom. The standard InChI is InChI=1S/C14H8N2O5S/c17-11(13-2-1-5-22-13)7-10-14(18)21-12-6-8(16(19)20)3-4-9(12)15-10/h1-7,17H. The second kappa shape index (κ2) is 5.41. The number of rotatable bonds is 3. The molecule has 8 heteroatoms. The van der Waals surface area contributed by atoms with Crippen LogP contribution in [0.4, 0.5) is 5.69 Å². The quantitative estimate of drug-likeness (QED) is 0.451.